The van der Waals surface area contributed by atoms with E-state index in [9.17, 15) is 0 Å². The van der Waals surface area contributed by atoms with Gasteiger partial charge in [0, 0.05) is 25.2 Å². The maximum absolute atomic E-state index is 5.20. The van der Waals surface area contributed by atoms with Crippen molar-refractivity contribution in [2.45, 2.75) is 59.3 Å². The first kappa shape index (κ1) is 21.0. The highest BCUT2D eigenvalue weighted by Crippen LogP contribution is 2.19. The second-order valence-electron chi connectivity index (χ2n) is 6.10. The summed E-state index contributed by atoms with van der Waals surface area (Å²) in [6.45, 7) is 8.59. The molecule has 6 heteroatoms. The lowest BCUT2D eigenvalue weighted by Gasteiger charge is -2.15. The van der Waals surface area contributed by atoms with Crippen LogP contribution in [0, 0.1) is 13.8 Å². The molecule has 0 amide bonds. The molecule has 1 aliphatic rings. The van der Waals surface area contributed by atoms with Crippen molar-refractivity contribution in [1.82, 2.24) is 15.8 Å². The number of aliphatic imine (C=N–C) groups is 1. The normalized spacial score (nSPS) is 14.8. The smallest absolute Gasteiger partial charge is 0.191 e. The lowest BCUT2D eigenvalue weighted by Crippen LogP contribution is -2.38. The molecule has 136 valence electrons. The van der Waals surface area contributed by atoms with E-state index in [0.29, 0.717) is 0 Å². The molecule has 5 nitrogen and oxygen atoms in total. The topological polar surface area (TPSA) is 62.5 Å². The SMILES string of the molecule is CCNC(=NCCc1c(C)noc1C)NCCC1=CCCCC1.I. The Bertz CT molecular complexity index is 532. The molecule has 0 fully saturated rings. The van der Waals surface area contributed by atoms with Crippen LogP contribution in [0.3, 0.4) is 0 Å². The van der Waals surface area contributed by atoms with E-state index in [1.165, 1.54) is 31.2 Å². The molecule has 2 rings (SSSR count). The Labute approximate surface area is 162 Å². The van der Waals surface area contributed by atoms with E-state index >= 15 is 0 Å². The van der Waals surface area contributed by atoms with E-state index in [1.807, 2.05) is 13.8 Å². The van der Waals surface area contributed by atoms with Gasteiger partial charge < -0.3 is 15.2 Å². The van der Waals surface area contributed by atoms with Gasteiger partial charge in [-0.05, 0) is 59.3 Å². The van der Waals surface area contributed by atoms with Crippen LogP contribution < -0.4 is 10.6 Å². The van der Waals surface area contributed by atoms with Crippen LogP contribution in [0.25, 0.3) is 0 Å². The maximum Gasteiger partial charge on any atom is 0.191 e. The number of rotatable bonds is 7. The van der Waals surface area contributed by atoms with Crippen LogP contribution in [0.1, 0.15) is 56.0 Å². The van der Waals surface area contributed by atoms with Gasteiger partial charge in [-0.1, -0.05) is 16.8 Å². The first-order chi connectivity index (χ1) is 11.2. The molecule has 0 aliphatic heterocycles. The van der Waals surface area contributed by atoms with E-state index in [1.54, 1.807) is 5.57 Å². The van der Waals surface area contributed by atoms with E-state index in [4.69, 9.17) is 4.52 Å². The van der Waals surface area contributed by atoms with E-state index in [-0.39, 0.29) is 24.0 Å². The fraction of sp³-hybridized carbons (Fsp3) is 0.667. The summed E-state index contributed by atoms with van der Waals surface area (Å²) in [6.07, 6.45) is 9.60. The average molecular weight is 446 g/mol. The van der Waals surface area contributed by atoms with Gasteiger partial charge in [-0.15, -0.1) is 24.0 Å². The summed E-state index contributed by atoms with van der Waals surface area (Å²) in [5.41, 5.74) is 3.74. The molecule has 0 aromatic carbocycles. The number of guanidine groups is 1. The summed E-state index contributed by atoms with van der Waals surface area (Å²) in [5.74, 6) is 1.80. The molecule has 0 spiro atoms. The van der Waals surface area contributed by atoms with Gasteiger partial charge in [0.25, 0.3) is 0 Å². The molecule has 2 N–H and O–H groups in total. The second kappa shape index (κ2) is 11.5. The Hall–Kier alpha value is -1.05. The number of allylic oxidation sites excluding steroid dienone is 1. The third-order valence-corrected chi connectivity index (χ3v) is 4.28. The quantitative estimate of drug-likeness (QED) is 0.289. The van der Waals surface area contributed by atoms with Crippen LogP contribution >= 0.6 is 24.0 Å². The van der Waals surface area contributed by atoms with Gasteiger partial charge in [-0.25, -0.2) is 0 Å². The number of aryl methyl sites for hydroxylation is 2. The number of hydrogen-bond acceptors (Lipinski definition) is 3. The van der Waals surface area contributed by atoms with Crippen molar-refractivity contribution in [1.29, 1.82) is 0 Å². The Morgan fingerprint density at radius 3 is 2.71 bits per heavy atom. The molecule has 0 atom stereocenters. The third kappa shape index (κ3) is 6.83. The molecule has 0 radical (unpaired) electrons. The van der Waals surface area contributed by atoms with Gasteiger partial charge in [0.1, 0.15) is 5.76 Å². The zero-order valence-corrected chi connectivity index (χ0v) is 17.5. The minimum atomic E-state index is 0. The second-order valence-corrected chi connectivity index (χ2v) is 6.10. The van der Waals surface area contributed by atoms with Gasteiger partial charge in [0.2, 0.25) is 0 Å². The highest BCUT2D eigenvalue weighted by atomic mass is 127. The Morgan fingerprint density at radius 1 is 1.25 bits per heavy atom. The summed E-state index contributed by atoms with van der Waals surface area (Å²) >= 11 is 0. The van der Waals surface area contributed by atoms with E-state index in [2.05, 4.69) is 33.8 Å². The summed E-state index contributed by atoms with van der Waals surface area (Å²) in [6, 6.07) is 0. The zero-order chi connectivity index (χ0) is 16.5. The fourth-order valence-electron chi connectivity index (χ4n) is 2.95. The van der Waals surface area contributed by atoms with Gasteiger partial charge in [-0.3, -0.25) is 4.99 Å². The highest BCUT2D eigenvalue weighted by Gasteiger charge is 2.08. The van der Waals surface area contributed by atoms with Crippen LogP contribution in [-0.4, -0.2) is 30.8 Å². The largest absolute Gasteiger partial charge is 0.361 e. The molecule has 1 heterocycles. The average Bonchev–Trinajstić information content (AvgIpc) is 2.88. The zero-order valence-electron chi connectivity index (χ0n) is 15.2. The van der Waals surface area contributed by atoms with Crippen LogP contribution in [0.4, 0.5) is 0 Å². The summed E-state index contributed by atoms with van der Waals surface area (Å²) in [7, 11) is 0. The lowest BCUT2D eigenvalue weighted by atomic mass is 9.97. The Balaban J connectivity index is 0.00000288. The number of aromatic nitrogens is 1. The van der Waals surface area contributed by atoms with Crippen LogP contribution in [0.15, 0.2) is 21.2 Å². The third-order valence-electron chi connectivity index (χ3n) is 4.28. The van der Waals surface area contributed by atoms with Crippen molar-refractivity contribution in [3.63, 3.8) is 0 Å². The molecule has 0 saturated heterocycles. The van der Waals surface area contributed by atoms with Crippen molar-refractivity contribution < 1.29 is 4.52 Å². The number of nitrogens with zero attached hydrogens (tertiary/aromatic N) is 2. The molecule has 1 aliphatic carbocycles. The van der Waals surface area contributed by atoms with Gasteiger partial charge in [0.15, 0.2) is 5.96 Å². The predicted molar refractivity (Wildman–Crippen MR) is 110 cm³/mol. The molecule has 24 heavy (non-hydrogen) atoms. The van der Waals surface area contributed by atoms with Crippen molar-refractivity contribution >= 4 is 29.9 Å². The first-order valence-electron chi connectivity index (χ1n) is 8.82. The standard InChI is InChI=1S/C18H30N4O.HI/c1-4-19-18(20-12-10-16-8-6-5-7-9-16)21-13-11-17-14(2)22-23-15(17)3;/h8H,4-7,9-13H2,1-3H3,(H2,19,20,21);1H. The fourth-order valence-corrected chi connectivity index (χ4v) is 2.95. The Morgan fingerprint density at radius 2 is 2.08 bits per heavy atom. The highest BCUT2D eigenvalue weighted by molar-refractivity contribution is 14.0. The molecule has 0 saturated carbocycles. The van der Waals surface area contributed by atoms with Crippen LogP contribution in [0.5, 0.6) is 0 Å². The van der Waals surface area contributed by atoms with E-state index < -0.39 is 0 Å². The van der Waals surface area contributed by atoms with Crippen molar-refractivity contribution in [2.75, 3.05) is 19.6 Å². The van der Waals surface area contributed by atoms with Crippen molar-refractivity contribution in [3.05, 3.63) is 28.7 Å². The molecule has 1 aromatic heterocycles. The van der Waals surface area contributed by atoms with Crippen LogP contribution in [0.2, 0.25) is 0 Å². The molecular formula is C18H31IN4O. The number of hydrogen-bond donors (Lipinski definition) is 2. The first-order valence-corrected chi connectivity index (χ1v) is 8.82. The van der Waals surface area contributed by atoms with E-state index in [0.717, 1.165) is 49.9 Å². The Kier molecular flexibility index (Phi) is 10.1. The number of nitrogens with one attached hydrogen (secondary N) is 2. The minimum Gasteiger partial charge on any atom is -0.361 e. The summed E-state index contributed by atoms with van der Waals surface area (Å²) < 4.78 is 5.20. The molecular weight excluding hydrogens is 415 g/mol. The lowest BCUT2D eigenvalue weighted by molar-refractivity contribution is 0.392. The minimum absolute atomic E-state index is 0. The van der Waals surface area contributed by atoms with Crippen molar-refractivity contribution in [3.8, 4) is 0 Å². The maximum atomic E-state index is 5.20. The summed E-state index contributed by atoms with van der Waals surface area (Å²) in [5, 5.41) is 10.7. The monoisotopic (exact) mass is 446 g/mol. The summed E-state index contributed by atoms with van der Waals surface area (Å²) in [4.78, 5) is 4.66. The predicted octanol–water partition coefficient (Wildman–Crippen LogP) is 3.90. The van der Waals surface area contributed by atoms with Gasteiger partial charge >= 0.3 is 0 Å². The molecule has 0 unspecified atom stereocenters. The van der Waals surface area contributed by atoms with Crippen LogP contribution in [-0.2, 0) is 6.42 Å². The molecule has 1 aromatic rings. The molecule has 0 bridgehead atoms. The number of halogens is 1. The van der Waals surface area contributed by atoms with Gasteiger partial charge in [-0.2, -0.15) is 0 Å². The van der Waals surface area contributed by atoms with Crippen molar-refractivity contribution in [2.24, 2.45) is 4.99 Å². The van der Waals surface area contributed by atoms with Gasteiger partial charge in [0.05, 0.1) is 5.69 Å².